The Balaban J connectivity index is 1.50. The SMILES string of the molecule is CCNC(=NCCCCN(C)c1ccccc1)N1CCC(C)C(n2ccnc2)C1. The average molecular weight is 397 g/mol. The Morgan fingerprint density at radius 3 is 2.83 bits per heavy atom. The number of guanidine groups is 1. The topological polar surface area (TPSA) is 48.7 Å². The third-order valence-corrected chi connectivity index (χ3v) is 5.82. The van der Waals surface area contributed by atoms with Gasteiger partial charge in [-0.05, 0) is 44.2 Å². The van der Waals surface area contributed by atoms with Gasteiger partial charge in [0, 0.05) is 57.9 Å². The summed E-state index contributed by atoms with van der Waals surface area (Å²) in [5.74, 6) is 1.71. The summed E-state index contributed by atoms with van der Waals surface area (Å²) in [7, 11) is 2.16. The lowest BCUT2D eigenvalue weighted by molar-refractivity contribution is 0.189. The maximum absolute atomic E-state index is 4.94. The van der Waals surface area contributed by atoms with Crippen LogP contribution in [0.5, 0.6) is 0 Å². The van der Waals surface area contributed by atoms with E-state index in [9.17, 15) is 0 Å². The van der Waals surface area contributed by atoms with Crippen LogP contribution in [0.1, 0.15) is 39.2 Å². The van der Waals surface area contributed by atoms with Crippen molar-refractivity contribution < 1.29 is 0 Å². The fourth-order valence-corrected chi connectivity index (χ4v) is 3.98. The van der Waals surface area contributed by atoms with Crippen molar-refractivity contribution in [1.29, 1.82) is 0 Å². The van der Waals surface area contributed by atoms with E-state index >= 15 is 0 Å². The van der Waals surface area contributed by atoms with Gasteiger partial charge in [0.15, 0.2) is 5.96 Å². The monoisotopic (exact) mass is 396 g/mol. The van der Waals surface area contributed by atoms with Gasteiger partial charge in [0.1, 0.15) is 0 Å². The number of piperidine rings is 1. The Morgan fingerprint density at radius 2 is 2.10 bits per heavy atom. The minimum atomic E-state index is 0.453. The van der Waals surface area contributed by atoms with Crippen LogP contribution >= 0.6 is 0 Å². The zero-order valence-corrected chi connectivity index (χ0v) is 18.2. The number of anilines is 1. The molecule has 0 bridgehead atoms. The van der Waals surface area contributed by atoms with Crippen LogP contribution < -0.4 is 10.2 Å². The standard InChI is InChI=1S/C23H36N6/c1-4-25-23(26-13-8-9-15-27(3)21-10-6-5-7-11-21)28-16-12-20(2)22(18-28)29-17-14-24-19-29/h5-7,10-11,14,17,19-20,22H,4,8-9,12-13,15-16,18H2,1-3H3,(H,25,26). The molecule has 2 heterocycles. The number of nitrogens with one attached hydrogen (secondary N) is 1. The van der Waals surface area contributed by atoms with Gasteiger partial charge in [0.05, 0.1) is 12.4 Å². The molecular formula is C23H36N6. The van der Waals surface area contributed by atoms with Gasteiger partial charge in [-0.25, -0.2) is 4.98 Å². The van der Waals surface area contributed by atoms with E-state index in [2.05, 4.69) is 82.1 Å². The van der Waals surface area contributed by atoms with Crippen molar-refractivity contribution in [3.63, 3.8) is 0 Å². The Labute approximate surface area is 175 Å². The zero-order valence-electron chi connectivity index (χ0n) is 18.2. The van der Waals surface area contributed by atoms with Crippen LogP contribution in [0, 0.1) is 5.92 Å². The highest BCUT2D eigenvalue weighted by Crippen LogP contribution is 2.27. The van der Waals surface area contributed by atoms with Crippen LogP contribution in [0.25, 0.3) is 0 Å². The lowest BCUT2D eigenvalue weighted by Gasteiger charge is -2.39. The number of hydrogen-bond acceptors (Lipinski definition) is 3. The summed E-state index contributed by atoms with van der Waals surface area (Å²) < 4.78 is 2.25. The van der Waals surface area contributed by atoms with Gasteiger partial charge in [-0.15, -0.1) is 0 Å². The van der Waals surface area contributed by atoms with Crippen LogP contribution in [-0.2, 0) is 0 Å². The molecule has 6 heteroatoms. The summed E-state index contributed by atoms with van der Waals surface area (Å²) in [6, 6.07) is 11.0. The van der Waals surface area contributed by atoms with Crippen molar-refractivity contribution in [3.05, 3.63) is 49.1 Å². The average Bonchev–Trinajstić information content (AvgIpc) is 3.28. The van der Waals surface area contributed by atoms with E-state index in [1.54, 1.807) is 0 Å². The normalized spacial score (nSPS) is 20.0. The van der Waals surface area contributed by atoms with Crippen molar-refractivity contribution in [2.24, 2.45) is 10.9 Å². The first-order valence-electron chi connectivity index (χ1n) is 11.0. The molecule has 0 aliphatic carbocycles. The van der Waals surface area contributed by atoms with Crippen LogP contribution in [0.3, 0.4) is 0 Å². The molecule has 0 radical (unpaired) electrons. The number of benzene rings is 1. The summed E-state index contributed by atoms with van der Waals surface area (Å²) in [4.78, 5) is 13.9. The molecule has 3 rings (SSSR count). The molecule has 2 unspecified atom stereocenters. The molecule has 1 aromatic carbocycles. The molecule has 6 nitrogen and oxygen atoms in total. The molecule has 0 spiro atoms. The molecule has 1 N–H and O–H groups in total. The molecule has 29 heavy (non-hydrogen) atoms. The van der Waals surface area contributed by atoms with Gasteiger partial charge in [-0.2, -0.15) is 0 Å². The molecule has 2 aromatic rings. The van der Waals surface area contributed by atoms with Gasteiger partial charge < -0.3 is 19.7 Å². The summed E-state index contributed by atoms with van der Waals surface area (Å²) in [5.41, 5.74) is 1.28. The number of hydrogen-bond donors (Lipinski definition) is 1. The van der Waals surface area contributed by atoms with Crippen molar-refractivity contribution in [2.45, 2.75) is 39.2 Å². The van der Waals surface area contributed by atoms with Crippen molar-refractivity contribution in [1.82, 2.24) is 19.8 Å². The van der Waals surface area contributed by atoms with Crippen LogP contribution in [0.2, 0.25) is 0 Å². The number of aromatic nitrogens is 2. The molecule has 1 aromatic heterocycles. The molecule has 0 saturated carbocycles. The summed E-state index contributed by atoms with van der Waals surface area (Å²) in [5, 5.41) is 3.50. The highest BCUT2D eigenvalue weighted by Gasteiger charge is 2.28. The number of unbranched alkanes of at least 4 members (excludes halogenated alkanes) is 1. The summed E-state index contributed by atoms with van der Waals surface area (Å²) in [6.07, 6.45) is 9.31. The molecule has 1 aliphatic rings. The molecule has 1 aliphatic heterocycles. The first kappa shape index (κ1) is 21.2. The predicted molar refractivity (Wildman–Crippen MR) is 122 cm³/mol. The van der Waals surface area contributed by atoms with E-state index in [4.69, 9.17) is 4.99 Å². The Morgan fingerprint density at radius 1 is 1.28 bits per heavy atom. The van der Waals surface area contributed by atoms with Crippen LogP contribution in [0.4, 0.5) is 5.69 Å². The van der Waals surface area contributed by atoms with Crippen LogP contribution in [-0.4, -0.2) is 60.2 Å². The number of nitrogens with zero attached hydrogens (tertiary/aromatic N) is 5. The maximum Gasteiger partial charge on any atom is 0.193 e. The molecule has 0 amide bonds. The largest absolute Gasteiger partial charge is 0.375 e. The molecule has 1 saturated heterocycles. The Kier molecular flexibility index (Phi) is 7.96. The molecular weight excluding hydrogens is 360 g/mol. The van der Waals surface area contributed by atoms with E-state index in [1.807, 2.05) is 12.5 Å². The fourth-order valence-electron chi connectivity index (χ4n) is 3.98. The zero-order chi connectivity index (χ0) is 20.5. The number of imidazole rings is 1. The quantitative estimate of drug-likeness (QED) is 0.420. The Bertz CT molecular complexity index is 727. The Hall–Kier alpha value is -2.50. The first-order chi connectivity index (χ1) is 14.2. The van der Waals surface area contributed by atoms with Gasteiger partial charge in [0.2, 0.25) is 0 Å². The number of aliphatic imine (C=N–C) groups is 1. The second-order valence-corrected chi connectivity index (χ2v) is 7.99. The lowest BCUT2D eigenvalue weighted by Crippen LogP contribution is -2.49. The van der Waals surface area contributed by atoms with Gasteiger partial charge in [0.25, 0.3) is 0 Å². The molecule has 1 fully saturated rings. The second-order valence-electron chi connectivity index (χ2n) is 7.99. The highest BCUT2D eigenvalue weighted by molar-refractivity contribution is 5.80. The van der Waals surface area contributed by atoms with Crippen molar-refractivity contribution >= 4 is 11.6 Å². The fraction of sp³-hybridized carbons (Fsp3) is 0.565. The minimum Gasteiger partial charge on any atom is -0.375 e. The van der Waals surface area contributed by atoms with Gasteiger partial charge in [-0.1, -0.05) is 25.1 Å². The summed E-state index contributed by atoms with van der Waals surface area (Å²) in [6.45, 7) is 9.36. The van der Waals surface area contributed by atoms with E-state index in [1.165, 1.54) is 12.1 Å². The second kappa shape index (κ2) is 10.9. The lowest BCUT2D eigenvalue weighted by atomic mass is 9.93. The third kappa shape index (κ3) is 5.99. The molecule has 2 atom stereocenters. The molecule has 158 valence electrons. The van der Waals surface area contributed by atoms with E-state index in [0.29, 0.717) is 12.0 Å². The maximum atomic E-state index is 4.94. The van der Waals surface area contributed by atoms with Crippen molar-refractivity contribution in [2.75, 3.05) is 44.7 Å². The smallest absolute Gasteiger partial charge is 0.193 e. The van der Waals surface area contributed by atoms with Gasteiger partial charge in [-0.3, -0.25) is 4.99 Å². The number of para-hydroxylation sites is 1. The van der Waals surface area contributed by atoms with Crippen molar-refractivity contribution in [3.8, 4) is 0 Å². The van der Waals surface area contributed by atoms with Gasteiger partial charge >= 0.3 is 0 Å². The summed E-state index contributed by atoms with van der Waals surface area (Å²) >= 11 is 0. The minimum absolute atomic E-state index is 0.453. The predicted octanol–water partition coefficient (Wildman–Crippen LogP) is 3.65. The first-order valence-corrected chi connectivity index (χ1v) is 11.0. The third-order valence-electron chi connectivity index (χ3n) is 5.82. The highest BCUT2D eigenvalue weighted by atomic mass is 15.3. The van der Waals surface area contributed by atoms with Crippen LogP contribution in [0.15, 0.2) is 54.0 Å². The number of rotatable bonds is 8. The van der Waals surface area contributed by atoms with E-state index < -0.39 is 0 Å². The van der Waals surface area contributed by atoms with E-state index in [0.717, 1.165) is 51.5 Å². The van der Waals surface area contributed by atoms with E-state index in [-0.39, 0.29) is 0 Å². The number of likely N-dealkylation sites (tertiary alicyclic amines) is 1.